The van der Waals surface area contributed by atoms with Crippen molar-refractivity contribution in [1.29, 1.82) is 0 Å². The Kier molecular flexibility index (Phi) is 6.11. The Morgan fingerprint density at radius 1 is 1.04 bits per heavy atom. The zero-order valence-electron chi connectivity index (χ0n) is 15.3. The summed E-state index contributed by atoms with van der Waals surface area (Å²) in [5, 5.41) is 4.65. The standard InChI is InChI=1S/C20H20N2O6/c1-13(19(24)22-20(25)21-15-5-3-2-4-6-15)28-18(23)12-14-7-8-16-17(11-14)27-10-9-26-16/h2-8,11,13H,9-10,12H2,1H3,(H2,21,22,24,25). The van der Waals surface area contributed by atoms with Crippen molar-refractivity contribution in [3.63, 3.8) is 0 Å². The fraction of sp³-hybridized carbons (Fsp3) is 0.250. The highest BCUT2D eigenvalue weighted by molar-refractivity contribution is 6.02. The summed E-state index contributed by atoms with van der Waals surface area (Å²) in [7, 11) is 0. The van der Waals surface area contributed by atoms with Gasteiger partial charge in [0, 0.05) is 5.69 Å². The number of hydrogen-bond acceptors (Lipinski definition) is 6. The van der Waals surface area contributed by atoms with Crippen LogP contribution in [0.25, 0.3) is 0 Å². The summed E-state index contributed by atoms with van der Waals surface area (Å²) in [6.45, 7) is 2.33. The molecule has 0 saturated heterocycles. The molecule has 146 valence electrons. The molecule has 3 rings (SSSR count). The quantitative estimate of drug-likeness (QED) is 0.767. The second-order valence-electron chi connectivity index (χ2n) is 6.10. The van der Waals surface area contributed by atoms with Crippen molar-refractivity contribution < 1.29 is 28.6 Å². The number of para-hydroxylation sites is 1. The monoisotopic (exact) mass is 384 g/mol. The van der Waals surface area contributed by atoms with E-state index in [0.717, 1.165) is 0 Å². The van der Waals surface area contributed by atoms with Gasteiger partial charge in [0.1, 0.15) is 13.2 Å². The van der Waals surface area contributed by atoms with Crippen LogP contribution in [0.4, 0.5) is 10.5 Å². The lowest BCUT2D eigenvalue weighted by Crippen LogP contribution is -2.41. The van der Waals surface area contributed by atoms with Gasteiger partial charge in [-0.05, 0) is 36.8 Å². The van der Waals surface area contributed by atoms with E-state index in [-0.39, 0.29) is 6.42 Å². The summed E-state index contributed by atoms with van der Waals surface area (Å²) >= 11 is 0. The van der Waals surface area contributed by atoms with Crippen LogP contribution in [0.5, 0.6) is 11.5 Å². The fourth-order valence-electron chi connectivity index (χ4n) is 2.55. The molecule has 8 nitrogen and oxygen atoms in total. The minimum atomic E-state index is -1.12. The van der Waals surface area contributed by atoms with Crippen LogP contribution in [-0.2, 0) is 20.7 Å². The molecular formula is C20H20N2O6. The molecule has 3 amide bonds. The van der Waals surface area contributed by atoms with Gasteiger partial charge in [-0.2, -0.15) is 0 Å². The van der Waals surface area contributed by atoms with Crippen molar-refractivity contribution in [2.45, 2.75) is 19.4 Å². The van der Waals surface area contributed by atoms with Gasteiger partial charge in [0.25, 0.3) is 5.91 Å². The predicted octanol–water partition coefficient (Wildman–Crippen LogP) is 2.28. The van der Waals surface area contributed by atoms with Crippen molar-refractivity contribution >= 4 is 23.6 Å². The maximum atomic E-state index is 12.1. The summed E-state index contributed by atoms with van der Waals surface area (Å²) in [6, 6.07) is 13.1. The first-order chi connectivity index (χ1) is 13.5. The number of carbonyl (C=O) groups is 3. The summed E-state index contributed by atoms with van der Waals surface area (Å²) < 4.78 is 16.0. The van der Waals surface area contributed by atoms with Crippen LogP contribution in [0.1, 0.15) is 12.5 Å². The highest BCUT2D eigenvalue weighted by Crippen LogP contribution is 2.30. The van der Waals surface area contributed by atoms with Crippen molar-refractivity contribution in [2.75, 3.05) is 18.5 Å². The Hall–Kier alpha value is -3.55. The maximum Gasteiger partial charge on any atom is 0.325 e. The number of rotatable bonds is 5. The van der Waals surface area contributed by atoms with E-state index in [9.17, 15) is 14.4 Å². The van der Waals surface area contributed by atoms with Gasteiger partial charge < -0.3 is 19.5 Å². The Balaban J connectivity index is 1.48. The van der Waals surface area contributed by atoms with Crippen molar-refractivity contribution in [2.24, 2.45) is 0 Å². The van der Waals surface area contributed by atoms with Crippen LogP contribution in [0.2, 0.25) is 0 Å². The third-order valence-corrected chi connectivity index (χ3v) is 3.90. The molecule has 0 spiro atoms. The Labute approximate surface area is 161 Å². The Morgan fingerprint density at radius 2 is 1.75 bits per heavy atom. The van der Waals surface area contributed by atoms with Crippen LogP contribution in [0.15, 0.2) is 48.5 Å². The number of anilines is 1. The lowest BCUT2D eigenvalue weighted by Gasteiger charge is -2.19. The molecule has 0 bridgehead atoms. The van der Waals surface area contributed by atoms with Gasteiger partial charge in [-0.25, -0.2) is 4.79 Å². The zero-order valence-corrected chi connectivity index (χ0v) is 15.3. The molecule has 1 aliphatic heterocycles. The molecule has 1 heterocycles. The van der Waals surface area contributed by atoms with Crippen LogP contribution < -0.4 is 20.1 Å². The second-order valence-corrected chi connectivity index (χ2v) is 6.10. The van der Waals surface area contributed by atoms with E-state index in [1.54, 1.807) is 48.5 Å². The molecule has 1 unspecified atom stereocenters. The number of urea groups is 1. The van der Waals surface area contributed by atoms with E-state index in [2.05, 4.69) is 10.6 Å². The minimum absolute atomic E-state index is 0.0372. The highest BCUT2D eigenvalue weighted by Gasteiger charge is 2.21. The molecule has 0 radical (unpaired) electrons. The van der Waals surface area contributed by atoms with E-state index < -0.39 is 24.0 Å². The fourth-order valence-corrected chi connectivity index (χ4v) is 2.55. The average Bonchev–Trinajstić information content (AvgIpc) is 2.68. The number of nitrogens with one attached hydrogen (secondary N) is 2. The van der Waals surface area contributed by atoms with Crippen LogP contribution in [-0.4, -0.2) is 37.2 Å². The number of hydrogen-bond donors (Lipinski definition) is 2. The first-order valence-corrected chi connectivity index (χ1v) is 8.76. The normalized spacial score (nSPS) is 13.2. The number of carbonyl (C=O) groups excluding carboxylic acids is 3. The largest absolute Gasteiger partial charge is 0.486 e. The lowest BCUT2D eigenvalue weighted by atomic mass is 10.1. The van der Waals surface area contributed by atoms with Crippen LogP contribution in [0.3, 0.4) is 0 Å². The first kappa shape index (κ1) is 19.2. The first-order valence-electron chi connectivity index (χ1n) is 8.76. The lowest BCUT2D eigenvalue weighted by molar-refractivity contribution is -0.153. The smallest absolute Gasteiger partial charge is 0.325 e. The van der Waals surface area contributed by atoms with Crippen LogP contribution in [0, 0.1) is 0 Å². The molecule has 2 aromatic carbocycles. The predicted molar refractivity (Wildman–Crippen MR) is 100 cm³/mol. The number of imide groups is 1. The van der Waals surface area contributed by atoms with Gasteiger partial charge in [-0.1, -0.05) is 24.3 Å². The van der Waals surface area contributed by atoms with Gasteiger partial charge in [0.15, 0.2) is 17.6 Å². The molecule has 0 fully saturated rings. The Morgan fingerprint density at radius 3 is 2.50 bits per heavy atom. The number of benzene rings is 2. The molecule has 28 heavy (non-hydrogen) atoms. The summed E-state index contributed by atoms with van der Waals surface area (Å²) in [5.74, 6) is -0.118. The summed E-state index contributed by atoms with van der Waals surface area (Å²) in [6.07, 6.45) is -1.16. The van der Waals surface area contributed by atoms with Gasteiger partial charge in [0.2, 0.25) is 0 Å². The summed E-state index contributed by atoms with van der Waals surface area (Å²) in [4.78, 5) is 36.0. The minimum Gasteiger partial charge on any atom is -0.486 e. The van der Waals surface area contributed by atoms with E-state index >= 15 is 0 Å². The van der Waals surface area contributed by atoms with Crippen molar-refractivity contribution in [1.82, 2.24) is 5.32 Å². The maximum absolute atomic E-state index is 12.1. The number of esters is 1. The van der Waals surface area contributed by atoms with E-state index in [0.29, 0.717) is 36.0 Å². The number of ether oxygens (including phenoxy) is 3. The van der Waals surface area contributed by atoms with Gasteiger partial charge in [0.05, 0.1) is 6.42 Å². The molecule has 0 saturated carbocycles. The van der Waals surface area contributed by atoms with Gasteiger partial charge >= 0.3 is 12.0 Å². The molecule has 2 aromatic rings. The second kappa shape index (κ2) is 8.90. The molecule has 1 atom stereocenters. The van der Waals surface area contributed by atoms with E-state index in [4.69, 9.17) is 14.2 Å². The van der Waals surface area contributed by atoms with Gasteiger partial charge in [-0.15, -0.1) is 0 Å². The Bertz CT molecular complexity index is 868. The van der Waals surface area contributed by atoms with Crippen molar-refractivity contribution in [3.05, 3.63) is 54.1 Å². The molecule has 2 N–H and O–H groups in total. The molecule has 0 aromatic heterocycles. The van der Waals surface area contributed by atoms with E-state index in [1.165, 1.54) is 6.92 Å². The van der Waals surface area contributed by atoms with Gasteiger partial charge in [-0.3, -0.25) is 14.9 Å². The number of amides is 3. The summed E-state index contributed by atoms with van der Waals surface area (Å²) in [5.41, 5.74) is 1.21. The topological polar surface area (TPSA) is 103 Å². The third-order valence-electron chi connectivity index (χ3n) is 3.90. The third kappa shape index (κ3) is 5.23. The molecule has 0 aliphatic carbocycles. The molecule has 1 aliphatic rings. The van der Waals surface area contributed by atoms with Crippen LogP contribution >= 0.6 is 0 Å². The SMILES string of the molecule is CC(OC(=O)Cc1ccc2c(c1)OCCO2)C(=O)NC(=O)Nc1ccccc1. The van der Waals surface area contributed by atoms with E-state index in [1.807, 2.05) is 0 Å². The van der Waals surface area contributed by atoms with Crippen molar-refractivity contribution in [3.8, 4) is 11.5 Å². The number of fused-ring (bicyclic) bond motifs is 1. The highest BCUT2D eigenvalue weighted by atomic mass is 16.6. The molecule has 8 heteroatoms. The average molecular weight is 384 g/mol. The zero-order chi connectivity index (χ0) is 19.9. The molecular weight excluding hydrogens is 364 g/mol.